The summed E-state index contributed by atoms with van der Waals surface area (Å²) in [5, 5.41) is 3.12. The molecule has 20 heavy (non-hydrogen) atoms. The number of anilines is 2. The van der Waals surface area contributed by atoms with Crippen molar-refractivity contribution in [2.45, 2.75) is 19.9 Å². The van der Waals surface area contributed by atoms with Crippen LogP contribution in [0.25, 0.3) is 5.65 Å². The maximum absolute atomic E-state index is 4.70. The number of nitrogens with zero attached hydrogens (tertiary/aromatic N) is 5. The molecular weight excluding hydrogens is 252 g/mol. The summed E-state index contributed by atoms with van der Waals surface area (Å²) in [6, 6.07) is 0.611. The van der Waals surface area contributed by atoms with Gasteiger partial charge in [0, 0.05) is 51.7 Å². The number of fused-ring (bicyclic) bond motifs is 1. The molecule has 0 bridgehead atoms. The van der Waals surface area contributed by atoms with Crippen LogP contribution in [-0.4, -0.2) is 58.5 Å². The molecule has 2 aromatic rings. The second kappa shape index (κ2) is 5.28. The van der Waals surface area contributed by atoms with E-state index in [2.05, 4.69) is 33.9 Å². The molecule has 3 heterocycles. The molecule has 0 unspecified atom stereocenters. The monoisotopic (exact) mass is 274 g/mol. The van der Waals surface area contributed by atoms with E-state index in [9.17, 15) is 0 Å². The summed E-state index contributed by atoms with van der Waals surface area (Å²) in [5.74, 6) is 1.85. The highest BCUT2D eigenvalue weighted by atomic mass is 15.3. The fraction of sp³-hybridized carbons (Fsp3) is 0.571. The Morgan fingerprint density at radius 1 is 1.20 bits per heavy atom. The number of aromatic nitrogens is 3. The first-order valence-electron chi connectivity index (χ1n) is 7.19. The van der Waals surface area contributed by atoms with E-state index in [1.807, 2.05) is 30.0 Å². The van der Waals surface area contributed by atoms with Crippen LogP contribution in [0.2, 0.25) is 0 Å². The summed E-state index contributed by atoms with van der Waals surface area (Å²) in [7, 11) is 1.89. The lowest BCUT2D eigenvalue weighted by molar-refractivity contribution is 0.209. The minimum atomic E-state index is 0.611. The van der Waals surface area contributed by atoms with Gasteiger partial charge in [0.25, 0.3) is 0 Å². The molecule has 0 amide bonds. The third-order valence-electron chi connectivity index (χ3n) is 3.96. The quantitative estimate of drug-likeness (QED) is 0.914. The van der Waals surface area contributed by atoms with Crippen molar-refractivity contribution < 1.29 is 0 Å². The normalized spacial score (nSPS) is 17.1. The van der Waals surface area contributed by atoms with Crippen molar-refractivity contribution in [1.82, 2.24) is 19.3 Å². The Kier molecular flexibility index (Phi) is 3.48. The van der Waals surface area contributed by atoms with Crippen LogP contribution in [0.15, 0.2) is 18.6 Å². The molecule has 0 saturated carbocycles. The molecule has 1 N–H and O–H groups in total. The van der Waals surface area contributed by atoms with Crippen LogP contribution < -0.4 is 10.2 Å². The van der Waals surface area contributed by atoms with Gasteiger partial charge in [-0.1, -0.05) is 0 Å². The molecule has 1 aliphatic rings. The minimum absolute atomic E-state index is 0.611. The second-order valence-electron chi connectivity index (χ2n) is 5.47. The Labute approximate surface area is 119 Å². The first-order valence-corrected chi connectivity index (χ1v) is 7.19. The number of hydrogen-bond donors (Lipinski definition) is 1. The highest BCUT2D eigenvalue weighted by molar-refractivity contribution is 5.67. The molecule has 6 heteroatoms. The highest BCUT2D eigenvalue weighted by Crippen LogP contribution is 2.22. The van der Waals surface area contributed by atoms with Crippen molar-refractivity contribution in [3.05, 3.63) is 18.6 Å². The number of imidazole rings is 1. The Bertz CT molecular complexity index is 582. The molecule has 0 atom stereocenters. The van der Waals surface area contributed by atoms with E-state index < -0.39 is 0 Å². The predicted octanol–water partition coefficient (Wildman–Crippen LogP) is 1.30. The Morgan fingerprint density at radius 3 is 2.60 bits per heavy atom. The molecule has 1 saturated heterocycles. The molecular formula is C14H22N6. The third kappa shape index (κ3) is 2.31. The van der Waals surface area contributed by atoms with Crippen molar-refractivity contribution in [2.75, 3.05) is 43.4 Å². The lowest BCUT2D eigenvalue weighted by atomic mass is 10.2. The Morgan fingerprint density at radius 2 is 1.95 bits per heavy atom. The first kappa shape index (κ1) is 13.2. The van der Waals surface area contributed by atoms with Crippen molar-refractivity contribution in [2.24, 2.45) is 0 Å². The van der Waals surface area contributed by atoms with E-state index in [-0.39, 0.29) is 0 Å². The lowest BCUT2D eigenvalue weighted by Gasteiger charge is -2.37. The van der Waals surface area contributed by atoms with Gasteiger partial charge in [0.2, 0.25) is 0 Å². The Hall–Kier alpha value is -1.82. The molecule has 1 fully saturated rings. The van der Waals surface area contributed by atoms with Crippen LogP contribution >= 0.6 is 0 Å². The van der Waals surface area contributed by atoms with Gasteiger partial charge in [0.1, 0.15) is 5.82 Å². The Balaban J connectivity index is 1.88. The van der Waals surface area contributed by atoms with E-state index in [1.54, 1.807) is 0 Å². The van der Waals surface area contributed by atoms with Crippen LogP contribution in [0.1, 0.15) is 13.8 Å². The zero-order valence-corrected chi connectivity index (χ0v) is 12.4. The van der Waals surface area contributed by atoms with Gasteiger partial charge in [-0.3, -0.25) is 4.90 Å². The zero-order valence-electron chi connectivity index (χ0n) is 12.4. The van der Waals surface area contributed by atoms with Crippen LogP contribution in [0.4, 0.5) is 11.6 Å². The summed E-state index contributed by atoms with van der Waals surface area (Å²) in [6.07, 6.45) is 5.76. The van der Waals surface area contributed by atoms with Crippen molar-refractivity contribution in [1.29, 1.82) is 0 Å². The van der Waals surface area contributed by atoms with Gasteiger partial charge in [-0.25, -0.2) is 9.97 Å². The average Bonchev–Trinajstić information content (AvgIpc) is 2.94. The van der Waals surface area contributed by atoms with Gasteiger partial charge >= 0.3 is 0 Å². The number of rotatable bonds is 3. The van der Waals surface area contributed by atoms with Crippen LogP contribution in [-0.2, 0) is 0 Å². The predicted molar refractivity (Wildman–Crippen MR) is 81.5 cm³/mol. The van der Waals surface area contributed by atoms with E-state index in [0.717, 1.165) is 43.5 Å². The fourth-order valence-corrected chi connectivity index (χ4v) is 2.70. The van der Waals surface area contributed by atoms with Crippen molar-refractivity contribution in [3.63, 3.8) is 0 Å². The number of nitrogens with one attached hydrogen (secondary N) is 1. The average molecular weight is 274 g/mol. The molecule has 2 aromatic heterocycles. The van der Waals surface area contributed by atoms with Crippen LogP contribution in [0.3, 0.4) is 0 Å². The van der Waals surface area contributed by atoms with Gasteiger partial charge in [-0.05, 0) is 13.8 Å². The van der Waals surface area contributed by atoms with E-state index in [0.29, 0.717) is 6.04 Å². The maximum Gasteiger partial charge on any atom is 0.180 e. The maximum atomic E-state index is 4.70. The van der Waals surface area contributed by atoms with E-state index in [4.69, 9.17) is 4.98 Å². The van der Waals surface area contributed by atoms with Crippen LogP contribution in [0, 0.1) is 0 Å². The van der Waals surface area contributed by atoms with Gasteiger partial charge in [-0.15, -0.1) is 0 Å². The third-order valence-corrected chi connectivity index (χ3v) is 3.96. The summed E-state index contributed by atoms with van der Waals surface area (Å²) < 4.78 is 2.03. The van der Waals surface area contributed by atoms with Gasteiger partial charge < -0.3 is 14.6 Å². The molecule has 108 valence electrons. The summed E-state index contributed by atoms with van der Waals surface area (Å²) in [4.78, 5) is 14.0. The molecule has 6 nitrogen and oxygen atoms in total. The lowest BCUT2D eigenvalue weighted by Crippen LogP contribution is -2.49. The van der Waals surface area contributed by atoms with Crippen LogP contribution in [0.5, 0.6) is 0 Å². The van der Waals surface area contributed by atoms with Gasteiger partial charge in [0.05, 0.1) is 6.20 Å². The highest BCUT2D eigenvalue weighted by Gasteiger charge is 2.22. The molecule has 0 spiro atoms. The smallest absolute Gasteiger partial charge is 0.180 e. The topological polar surface area (TPSA) is 48.7 Å². The van der Waals surface area contributed by atoms with Crippen molar-refractivity contribution in [3.8, 4) is 0 Å². The van der Waals surface area contributed by atoms with E-state index in [1.165, 1.54) is 0 Å². The largest absolute Gasteiger partial charge is 0.372 e. The minimum Gasteiger partial charge on any atom is -0.372 e. The fourth-order valence-electron chi connectivity index (χ4n) is 2.70. The summed E-state index contributed by atoms with van der Waals surface area (Å²) in [5.41, 5.74) is 0.932. The molecule has 0 aromatic carbocycles. The number of piperazine rings is 1. The zero-order chi connectivity index (χ0) is 14.1. The molecule has 3 rings (SSSR count). The van der Waals surface area contributed by atoms with Gasteiger partial charge in [-0.2, -0.15) is 0 Å². The SMILES string of the molecule is CNc1cn2ccnc2c(N2CCN(C(C)C)CC2)n1. The molecule has 0 aliphatic carbocycles. The number of hydrogen-bond acceptors (Lipinski definition) is 5. The summed E-state index contributed by atoms with van der Waals surface area (Å²) in [6.45, 7) is 8.67. The molecule has 1 aliphatic heterocycles. The summed E-state index contributed by atoms with van der Waals surface area (Å²) >= 11 is 0. The first-order chi connectivity index (χ1) is 9.69. The standard InChI is InChI=1S/C14H22N6/c1-11(2)18-6-8-19(9-7-18)14-13-16-4-5-20(13)10-12(15-3)17-14/h4-5,10-11,15H,6-9H2,1-3H3. The molecule has 0 radical (unpaired) electrons. The second-order valence-corrected chi connectivity index (χ2v) is 5.47. The van der Waals surface area contributed by atoms with E-state index >= 15 is 0 Å². The van der Waals surface area contributed by atoms with Gasteiger partial charge in [0.15, 0.2) is 11.5 Å². The van der Waals surface area contributed by atoms with Crippen molar-refractivity contribution >= 4 is 17.3 Å².